The molecule has 0 saturated heterocycles. The van der Waals surface area contributed by atoms with Gasteiger partial charge in [-0.25, -0.2) is 9.48 Å². The van der Waals surface area contributed by atoms with E-state index in [4.69, 9.17) is 5.26 Å². The SMILES string of the molecule is CC(=O)NCCCCCn1c(=O)c(-c2ccnn2-c2ccc(C#N)cc2)c(C)n(-c2cccc(C(F)(F)F)c2)c1=O. The number of amides is 1. The van der Waals surface area contributed by atoms with Gasteiger partial charge < -0.3 is 5.32 Å². The maximum Gasteiger partial charge on any atom is 0.416 e. The molecular weight excluding hydrogens is 537 g/mol. The number of nitrogens with zero attached hydrogens (tertiary/aromatic N) is 5. The van der Waals surface area contributed by atoms with Crippen molar-refractivity contribution in [1.82, 2.24) is 24.2 Å². The van der Waals surface area contributed by atoms with Crippen LogP contribution in [0.1, 0.15) is 43.0 Å². The Kier molecular flexibility index (Phi) is 8.56. The number of unbranched alkanes of at least 4 members (excludes halogenated alkanes) is 2. The third-order valence-corrected chi connectivity index (χ3v) is 6.58. The third-order valence-electron chi connectivity index (χ3n) is 6.58. The lowest BCUT2D eigenvalue weighted by Gasteiger charge is -2.19. The Morgan fingerprint density at radius 2 is 1.76 bits per heavy atom. The summed E-state index contributed by atoms with van der Waals surface area (Å²) in [5.74, 6) is -0.160. The van der Waals surface area contributed by atoms with Gasteiger partial charge in [0, 0.05) is 25.7 Å². The monoisotopic (exact) mass is 564 g/mol. The minimum Gasteiger partial charge on any atom is -0.356 e. The fourth-order valence-electron chi connectivity index (χ4n) is 4.58. The number of rotatable bonds is 9. The lowest BCUT2D eigenvalue weighted by molar-refractivity contribution is -0.137. The van der Waals surface area contributed by atoms with E-state index in [0.717, 1.165) is 21.3 Å². The minimum absolute atomic E-state index is 0.0228. The van der Waals surface area contributed by atoms with Gasteiger partial charge in [-0.2, -0.15) is 23.5 Å². The Morgan fingerprint density at radius 1 is 1.02 bits per heavy atom. The lowest BCUT2D eigenvalue weighted by Crippen LogP contribution is -2.41. The minimum atomic E-state index is -4.63. The molecule has 0 aliphatic carbocycles. The quantitative estimate of drug-likeness (QED) is 0.304. The number of nitriles is 1. The summed E-state index contributed by atoms with van der Waals surface area (Å²) in [5, 5.41) is 16.1. The summed E-state index contributed by atoms with van der Waals surface area (Å²) in [6.07, 6.45) is -1.51. The van der Waals surface area contributed by atoms with Crippen molar-refractivity contribution in [2.24, 2.45) is 0 Å². The van der Waals surface area contributed by atoms with Crippen molar-refractivity contribution in [3.8, 4) is 28.7 Å². The number of nitrogens with one attached hydrogen (secondary N) is 1. The second-order valence-corrected chi connectivity index (χ2v) is 9.41. The van der Waals surface area contributed by atoms with Crippen LogP contribution in [0.15, 0.2) is 70.4 Å². The molecule has 0 bridgehead atoms. The number of halogens is 3. The van der Waals surface area contributed by atoms with Crippen molar-refractivity contribution in [3.05, 3.63) is 98.5 Å². The van der Waals surface area contributed by atoms with Crippen molar-refractivity contribution in [2.45, 2.75) is 45.8 Å². The van der Waals surface area contributed by atoms with E-state index in [1.807, 2.05) is 6.07 Å². The van der Waals surface area contributed by atoms with Crippen LogP contribution in [0, 0.1) is 18.3 Å². The molecule has 0 spiro atoms. The molecule has 212 valence electrons. The van der Waals surface area contributed by atoms with Crippen LogP contribution in [0.3, 0.4) is 0 Å². The summed E-state index contributed by atoms with van der Waals surface area (Å²) in [6.45, 7) is 3.38. The Hall–Kier alpha value is -4.92. The van der Waals surface area contributed by atoms with E-state index >= 15 is 0 Å². The standard InChI is InChI=1S/C29H27F3N6O3/c1-19-26(25-13-15-35-38(25)23-11-9-21(18-33)10-12-23)27(40)36(16-5-3-4-14-34-20(2)39)28(41)37(19)24-8-6-7-22(17-24)29(30,31)32/h6-13,15,17H,3-5,14,16H2,1-2H3,(H,34,39). The number of aromatic nitrogens is 4. The van der Waals surface area contributed by atoms with Gasteiger partial charge >= 0.3 is 11.9 Å². The van der Waals surface area contributed by atoms with E-state index < -0.39 is 23.0 Å². The molecule has 0 aliphatic rings. The van der Waals surface area contributed by atoms with E-state index in [-0.39, 0.29) is 29.4 Å². The van der Waals surface area contributed by atoms with Gasteiger partial charge in [0.15, 0.2) is 0 Å². The summed E-state index contributed by atoms with van der Waals surface area (Å²) >= 11 is 0. The molecular formula is C29H27F3N6O3. The molecule has 4 rings (SSSR count). The zero-order chi connectivity index (χ0) is 29.7. The predicted molar refractivity (Wildman–Crippen MR) is 146 cm³/mol. The van der Waals surface area contributed by atoms with Crippen LogP contribution in [0.5, 0.6) is 0 Å². The van der Waals surface area contributed by atoms with Gasteiger partial charge in [0.1, 0.15) is 0 Å². The normalized spacial score (nSPS) is 11.3. The van der Waals surface area contributed by atoms with Crippen molar-refractivity contribution < 1.29 is 18.0 Å². The molecule has 0 fully saturated rings. The van der Waals surface area contributed by atoms with Crippen molar-refractivity contribution in [2.75, 3.05) is 6.54 Å². The summed E-state index contributed by atoms with van der Waals surface area (Å²) in [5.41, 5.74) is -0.777. The summed E-state index contributed by atoms with van der Waals surface area (Å²) in [7, 11) is 0. The van der Waals surface area contributed by atoms with Crippen molar-refractivity contribution >= 4 is 5.91 Å². The lowest BCUT2D eigenvalue weighted by atomic mass is 10.1. The first kappa shape index (κ1) is 29.1. The molecule has 41 heavy (non-hydrogen) atoms. The van der Waals surface area contributed by atoms with Crippen molar-refractivity contribution in [1.29, 1.82) is 5.26 Å². The highest BCUT2D eigenvalue weighted by atomic mass is 19.4. The van der Waals surface area contributed by atoms with E-state index in [2.05, 4.69) is 10.4 Å². The first-order valence-corrected chi connectivity index (χ1v) is 12.9. The third kappa shape index (κ3) is 6.30. The van der Waals surface area contributed by atoms with E-state index in [9.17, 15) is 27.6 Å². The second-order valence-electron chi connectivity index (χ2n) is 9.41. The molecule has 0 radical (unpaired) electrons. The number of alkyl halides is 3. The maximum atomic E-state index is 13.8. The molecule has 9 nitrogen and oxygen atoms in total. The molecule has 4 aromatic rings. The summed E-state index contributed by atoms with van der Waals surface area (Å²) in [6, 6.07) is 14.5. The molecule has 1 amide bonds. The van der Waals surface area contributed by atoms with Gasteiger partial charge in [-0.3, -0.25) is 18.7 Å². The first-order valence-electron chi connectivity index (χ1n) is 12.9. The zero-order valence-electron chi connectivity index (χ0n) is 22.4. The van der Waals surface area contributed by atoms with Gasteiger partial charge in [-0.15, -0.1) is 0 Å². The largest absolute Gasteiger partial charge is 0.416 e. The molecule has 0 atom stereocenters. The summed E-state index contributed by atoms with van der Waals surface area (Å²) < 4.78 is 44.2. The average molecular weight is 565 g/mol. The number of benzene rings is 2. The molecule has 12 heteroatoms. The topological polar surface area (TPSA) is 115 Å². The Labute approximate surface area is 233 Å². The van der Waals surface area contributed by atoms with Crippen LogP contribution >= 0.6 is 0 Å². The predicted octanol–water partition coefficient (Wildman–Crippen LogP) is 4.36. The number of carbonyl (C=O) groups is 1. The highest BCUT2D eigenvalue weighted by Gasteiger charge is 2.31. The van der Waals surface area contributed by atoms with E-state index in [0.29, 0.717) is 42.8 Å². The highest BCUT2D eigenvalue weighted by molar-refractivity contribution is 5.72. The molecule has 2 aromatic carbocycles. The van der Waals surface area contributed by atoms with Gasteiger partial charge in [0.25, 0.3) is 5.56 Å². The van der Waals surface area contributed by atoms with Gasteiger partial charge in [-0.05, 0) is 74.7 Å². The van der Waals surface area contributed by atoms with Crippen LogP contribution in [0.4, 0.5) is 13.2 Å². The molecule has 0 unspecified atom stereocenters. The fourth-order valence-corrected chi connectivity index (χ4v) is 4.58. The van der Waals surface area contributed by atoms with Crippen LogP contribution in [-0.2, 0) is 17.5 Å². The van der Waals surface area contributed by atoms with Gasteiger partial charge in [0.05, 0.1) is 46.0 Å². The van der Waals surface area contributed by atoms with E-state index in [1.54, 1.807) is 30.3 Å². The number of hydrogen-bond donors (Lipinski definition) is 1. The Balaban J connectivity index is 1.87. The van der Waals surface area contributed by atoms with Crippen LogP contribution in [0.25, 0.3) is 22.6 Å². The van der Waals surface area contributed by atoms with E-state index in [1.165, 1.54) is 36.9 Å². The average Bonchev–Trinajstić information content (AvgIpc) is 3.41. The van der Waals surface area contributed by atoms with Crippen LogP contribution in [0.2, 0.25) is 0 Å². The molecule has 0 aliphatic heterocycles. The van der Waals surface area contributed by atoms with Crippen molar-refractivity contribution in [3.63, 3.8) is 0 Å². The van der Waals surface area contributed by atoms with Gasteiger partial charge in [-0.1, -0.05) is 6.07 Å². The fraction of sp³-hybridized carbons (Fsp3) is 0.276. The highest BCUT2D eigenvalue weighted by Crippen LogP contribution is 2.31. The Bertz CT molecular complexity index is 1730. The number of hydrogen-bond acceptors (Lipinski definition) is 5. The smallest absolute Gasteiger partial charge is 0.356 e. The zero-order valence-corrected chi connectivity index (χ0v) is 22.4. The Morgan fingerprint density at radius 3 is 2.41 bits per heavy atom. The van der Waals surface area contributed by atoms with Crippen LogP contribution in [-0.4, -0.2) is 31.4 Å². The second kappa shape index (κ2) is 12.1. The molecule has 1 N–H and O–H groups in total. The van der Waals surface area contributed by atoms with Gasteiger partial charge in [0.2, 0.25) is 5.91 Å². The summed E-state index contributed by atoms with van der Waals surface area (Å²) in [4.78, 5) is 38.6. The van der Waals surface area contributed by atoms with Crippen LogP contribution < -0.4 is 16.6 Å². The first-order chi connectivity index (χ1) is 19.5. The number of carbonyl (C=O) groups excluding carboxylic acids is 1. The maximum absolute atomic E-state index is 13.8. The molecule has 2 aromatic heterocycles. The molecule has 2 heterocycles. The molecule has 0 saturated carbocycles.